The Balaban J connectivity index is 1.99. The molecule has 2 aliphatic heterocycles. The highest BCUT2D eigenvalue weighted by molar-refractivity contribution is 5.81. The number of Topliss-reactive ketones (excluding diaryl/α,β-unsaturated/α-hetero) is 1. The molecular weight excluding hydrogens is 278 g/mol. The van der Waals surface area contributed by atoms with Crippen molar-refractivity contribution in [2.45, 2.75) is 51.1 Å². The molecule has 0 aromatic heterocycles. The molecule has 120 valence electrons. The van der Waals surface area contributed by atoms with Gasteiger partial charge in [0.2, 0.25) is 0 Å². The molecule has 1 fully saturated rings. The van der Waals surface area contributed by atoms with Gasteiger partial charge in [-0.1, -0.05) is 13.3 Å². The van der Waals surface area contributed by atoms with Crippen molar-refractivity contribution in [1.82, 2.24) is 4.90 Å². The van der Waals surface area contributed by atoms with Crippen LogP contribution in [0.25, 0.3) is 0 Å². The molecule has 2 aliphatic rings. The number of fused-ring (bicyclic) bond motifs is 3. The minimum absolute atomic E-state index is 0.210. The highest BCUT2D eigenvalue weighted by Gasteiger charge is 2.38. The van der Waals surface area contributed by atoms with Crippen LogP contribution < -0.4 is 9.47 Å². The zero-order valence-corrected chi connectivity index (χ0v) is 13.7. The number of hydrogen-bond donors (Lipinski definition) is 0. The Morgan fingerprint density at radius 3 is 2.59 bits per heavy atom. The summed E-state index contributed by atoms with van der Waals surface area (Å²) in [7, 11) is 3.33. The molecule has 1 saturated heterocycles. The lowest BCUT2D eigenvalue weighted by Gasteiger charge is -2.45. The number of carbonyl (C=O) groups excluding carboxylic acids is 1. The van der Waals surface area contributed by atoms with Gasteiger partial charge in [0.05, 0.1) is 14.2 Å². The molecule has 0 unspecified atom stereocenters. The number of methoxy groups -OCH3 is 2. The van der Waals surface area contributed by atoms with Gasteiger partial charge in [0.25, 0.3) is 0 Å². The van der Waals surface area contributed by atoms with Crippen molar-refractivity contribution in [2.24, 2.45) is 0 Å². The van der Waals surface area contributed by atoms with Crippen LogP contribution in [0.4, 0.5) is 0 Å². The SMILES string of the molecule is CCC[C@@H]1CC(=O)C[C@H]2c3cc(OC)c(OC)cc3CCN12. The Morgan fingerprint density at radius 2 is 1.91 bits per heavy atom. The lowest BCUT2D eigenvalue weighted by Crippen LogP contribution is -2.48. The normalized spacial score (nSPS) is 24.6. The summed E-state index contributed by atoms with van der Waals surface area (Å²) in [6.07, 6.45) is 4.58. The van der Waals surface area contributed by atoms with E-state index in [9.17, 15) is 4.79 Å². The zero-order valence-electron chi connectivity index (χ0n) is 13.7. The maximum atomic E-state index is 12.2. The van der Waals surface area contributed by atoms with Crippen molar-refractivity contribution in [2.75, 3.05) is 20.8 Å². The molecule has 3 rings (SSSR count). The number of nitrogens with zero attached hydrogens (tertiary/aromatic N) is 1. The molecule has 2 atom stereocenters. The molecule has 2 heterocycles. The first kappa shape index (κ1) is 15.3. The average Bonchev–Trinajstić information content (AvgIpc) is 2.53. The second-order valence-electron chi connectivity index (χ2n) is 6.30. The van der Waals surface area contributed by atoms with Crippen LogP contribution in [0.15, 0.2) is 12.1 Å². The fourth-order valence-electron chi connectivity index (χ4n) is 3.99. The first-order valence-corrected chi connectivity index (χ1v) is 8.20. The Kier molecular flexibility index (Phi) is 4.39. The van der Waals surface area contributed by atoms with Crippen molar-refractivity contribution < 1.29 is 14.3 Å². The van der Waals surface area contributed by atoms with Crippen molar-refractivity contribution >= 4 is 5.78 Å². The summed E-state index contributed by atoms with van der Waals surface area (Å²) < 4.78 is 10.9. The molecular formula is C18H25NO3. The summed E-state index contributed by atoms with van der Waals surface area (Å²) >= 11 is 0. The second-order valence-corrected chi connectivity index (χ2v) is 6.30. The van der Waals surface area contributed by atoms with Crippen LogP contribution in [0.1, 0.15) is 49.8 Å². The highest BCUT2D eigenvalue weighted by Crippen LogP contribution is 2.43. The molecule has 1 aromatic rings. The average molecular weight is 303 g/mol. The Hall–Kier alpha value is -1.55. The Labute approximate surface area is 132 Å². The molecule has 0 radical (unpaired) electrons. The summed E-state index contributed by atoms with van der Waals surface area (Å²) in [4.78, 5) is 14.7. The van der Waals surface area contributed by atoms with Gasteiger partial charge in [-0.25, -0.2) is 0 Å². The summed E-state index contributed by atoms with van der Waals surface area (Å²) in [6.45, 7) is 3.23. The molecule has 1 aromatic carbocycles. The van der Waals surface area contributed by atoms with Gasteiger partial charge in [0, 0.05) is 31.5 Å². The molecule has 4 heteroatoms. The predicted octanol–water partition coefficient (Wildman–Crippen LogP) is 3.13. The van der Waals surface area contributed by atoms with E-state index in [1.54, 1.807) is 14.2 Å². The number of ketones is 1. The van der Waals surface area contributed by atoms with Crippen LogP contribution in [0.5, 0.6) is 11.5 Å². The molecule has 0 amide bonds. The van der Waals surface area contributed by atoms with E-state index in [1.165, 1.54) is 11.1 Å². The maximum Gasteiger partial charge on any atom is 0.161 e. The summed E-state index contributed by atoms with van der Waals surface area (Å²) in [5.74, 6) is 1.93. The number of benzene rings is 1. The lowest BCUT2D eigenvalue weighted by molar-refractivity contribution is -0.126. The minimum Gasteiger partial charge on any atom is -0.493 e. The van der Waals surface area contributed by atoms with Gasteiger partial charge in [-0.3, -0.25) is 9.69 Å². The minimum atomic E-state index is 0.210. The summed E-state index contributed by atoms with van der Waals surface area (Å²) in [6, 6.07) is 4.77. The molecule has 4 nitrogen and oxygen atoms in total. The van der Waals surface area contributed by atoms with E-state index in [4.69, 9.17) is 9.47 Å². The third-order valence-electron chi connectivity index (χ3n) is 5.02. The standard InChI is InChI=1S/C18H25NO3/c1-4-5-13-9-14(20)10-16-15-11-18(22-3)17(21-2)8-12(15)6-7-19(13)16/h8,11,13,16H,4-7,9-10H2,1-3H3/t13-,16+/m1/s1. The summed E-state index contributed by atoms with van der Waals surface area (Å²) in [5, 5.41) is 0. The Bertz CT molecular complexity index is 570. The third-order valence-corrected chi connectivity index (χ3v) is 5.02. The number of rotatable bonds is 4. The van der Waals surface area contributed by atoms with Crippen LogP contribution in [0, 0.1) is 0 Å². The van der Waals surface area contributed by atoms with Crippen molar-refractivity contribution in [3.05, 3.63) is 23.3 Å². The van der Waals surface area contributed by atoms with Crippen LogP contribution >= 0.6 is 0 Å². The van der Waals surface area contributed by atoms with Crippen LogP contribution in [-0.4, -0.2) is 37.5 Å². The van der Waals surface area contributed by atoms with Gasteiger partial charge in [-0.15, -0.1) is 0 Å². The Morgan fingerprint density at radius 1 is 1.18 bits per heavy atom. The third kappa shape index (κ3) is 2.60. The number of ether oxygens (including phenoxy) is 2. The second kappa shape index (κ2) is 6.29. The maximum absolute atomic E-state index is 12.2. The van der Waals surface area contributed by atoms with Gasteiger partial charge in [-0.2, -0.15) is 0 Å². The first-order chi connectivity index (χ1) is 10.7. The van der Waals surface area contributed by atoms with Crippen molar-refractivity contribution in [3.8, 4) is 11.5 Å². The van der Waals surface area contributed by atoms with Crippen LogP contribution in [0.3, 0.4) is 0 Å². The highest BCUT2D eigenvalue weighted by atomic mass is 16.5. The largest absolute Gasteiger partial charge is 0.493 e. The lowest BCUT2D eigenvalue weighted by atomic mass is 9.82. The molecule has 0 spiro atoms. The van der Waals surface area contributed by atoms with E-state index >= 15 is 0 Å². The van der Waals surface area contributed by atoms with Gasteiger partial charge >= 0.3 is 0 Å². The topological polar surface area (TPSA) is 38.8 Å². The van der Waals surface area contributed by atoms with E-state index in [0.29, 0.717) is 24.7 Å². The number of hydrogen-bond acceptors (Lipinski definition) is 4. The fraction of sp³-hybridized carbons (Fsp3) is 0.611. The van der Waals surface area contributed by atoms with Crippen LogP contribution in [0.2, 0.25) is 0 Å². The van der Waals surface area contributed by atoms with E-state index in [1.807, 2.05) is 0 Å². The van der Waals surface area contributed by atoms with Gasteiger partial charge in [-0.05, 0) is 36.1 Å². The smallest absolute Gasteiger partial charge is 0.161 e. The first-order valence-electron chi connectivity index (χ1n) is 8.20. The van der Waals surface area contributed by atoms with Crippen molar-refractivity contribution in [1.29, 1.82) is 0 Å². The number of piperidine rings is 1. The summed E-state index contributed by atoms with van der Waals surface area (Å²) in [5.41, 5.74) is 2.54. The number of carbonyl (C=O) groups is 1. The molecule has 0 aliphatic carbocycles. The zero-order chi connectivity index (χ0) is 15.7. The van der Waals surface area contributed by atoms with E-state index < -0.39 is 0 Å². The van der Waals surface area contributed by atoms with Gasteiger partial charge < -0.3 is 9.47 Å². The molecule has 0 bridgehead atoms. The van der Waals surface area contributed by atoms with Gasteiger partial charge in [0.15, 0.2) is 11.5 Å². The fourth-order valence-corrected chi connectivity index (χ4v) is 3.99. The van der Waals surface area contributed by atoms with E-state index in [0.717, 1.165) is 37.3 Å². The molecule has 22 heavy (non-hydrogen) atoms. The van der Waals surface area contributed by atoms with E-state index in [2.05, 4.69) is 24.0 Å². The quantitative estimate of drug-likeness (QED) is 0.856. The van der Waals surface area contributed by atoms with Crippen molar-refractivity contribution in [3.63, 3.8) is 0 Å². The van der Waals surface area contributed by atoms with E-state index in [-0.39, 0.29) is 6.04 Å². The van der Waals surface area contributed by atoms with Crippen LogP contribution in [-0.2, 0) is 11.2 Å². The monoisotopic (exact) mass is 303 g/mol. The molecule has 0 saturated carbocycles. The molecule has 0 N–H and O–H groups in total. The van der Waals surface area contributed by atoms with Gasteiger partial charge in [0.1, 0.15) is 5.78 Å². The predicted molar refractivity (Wildman–Crippen MR) is 85.6 cm³/mol.